The van der Waals surface area contributed by atoms with Gasteiger partial charge in [0.2, 0.25) is 5.95 Å². The summed E-state index contributed by atoms with van der Waals surface area (Å²) >= 11 is 0. The highest BCUT2D eigenvalue weighted by Crippen LogP contribution is 2.12. The Hall–Kier alpha value is -2.63. The van der Waals surface area contributed by atoms with Crippen molar-refractivity contribution in [1.29, 1.82) is 0 Å². The predicted octanol–water partition coefficient (Wildman–Crippen LogP) is 2.62. The molecule has 0 saturated heterocycles. The number of carbonyl (C=O) groups excluding carboxylic acids is 1. The van der Waals surface area contributed by atoms with Crippen molar-refractivity contribution in [2.75, 3.05) is 32.1 Å². The molecule has 0 saturated carbocycles. The summed E-state index contributed by atoms with van der Waals surface area (Å²) in [7, 11) is 1.65. The maximum absolute atomic E-state index is 12.3. The van der Waals surface area contributed by atoms with Gasteiger partial charge in [-0.25, -0.2) is 9.97 Å². The molecule has 0 unspecified atom stereocenters. The fourth-order valence-electron chi connectivity index (χ4n) is 2.35. The molecule has 0 fully saturated rings. The second-order valence-electron chi connectivity index (χ2n) is 5.27. The van der Waals surface area contributed by atoms with Crippen LogP contribution in [0, 0.1) is 0 Å². The van der Waals surface area contributed by atoms with Gasteiger partial charge in [0, 0.05) is 25.8 Å². The molecule has 0 bridgehead atoms. The number of amides is 1. The maximum Gasteiger partial charge on any atom is 0.272 e. The van der Waals surface area contributed by atoms with E-state index in [0.29, 0.717) is 31.3 Å². The van der Waals surface area contributed by atoms with Gasteiger partial charge in [-0.05, 0) is 44.0 Å². The molecule has 1 amide bonds. The average Bonchev–Trinajstić information content (AvgIpc) is 2.63. The lowest BCUT2D eigenvalue weighted by molar-refractivity contribution is 0.0767. The lowest BCUT2D eigenvalue weighted by Crippen LogP contribution is -2.31. The Balaban J connectivity index is 1.93. The molecule has 2 aromatic rings. The minimum atomic E-state index is -0.0689. The highest BCUT2D eigenvalue weighted by Gasteiger charge is 2.14. The van der Waals surface area contributed by atoms with Crippen molar-refractivity contribution in [3.8, 4) is 5.75 Å². The van der Waals surface area contributed by atoms with E-state index >= 15 is 0 Å². The SMILES string of the molecule is CCN(CC)C(=O)c1ccnc(NCCc2ccc(OC)cc2)n1. The summed E-state index contributed by atoms with van der Waals surface area (Å²) in [5.41, 5.74) is 1.61. The molecule has 6 heteroatoms. The molecular weight excluding hydrogens is 304 g/mol. The summed E-state index contributed by atoms with van der Waals surface area (Å²) in [5, 5.41) is 3.17. The quantitative estimate of drug-likeness (QED) is 0.807. The van der Waals surface area contributed by atoms with Crippen molar-refractivity contribution in [2.24, 2.45) is 0 Å². The number of ether oxygens (including phenoxy) is 1. The van der Waals surface area contributed by atoms with Gasteiger partial charge in [-0.3, -0.25) is 4.79 Å². The number of nitrogens with zero attached hydrogens (tertiary/aromatic N) is 3. The molecule has 6 nitrogen and oxygen atoms in total. The number of nitrogens with one attached hydrogen (secondary N) is 1. The van der Waals surface area contributed by atoms with Crippen LogP contribution in [0.4, 0.5) is 5.95 Å². The van der Waals surface area contributed by atoms with Crippen molar-refractivity contribution < 1.29 is 9.53 Å². The molecule has 0 radical (unpaired) electrons. The van der Waals surface area contributed by atoms with Gasteiger partial charge in [0.1, 0.15) is 11.4 Å². The highest BCUT2D eigenvalue weighted by molar-refractivity contribution is 5.92. The minimum Gasteiger partial charge on any atom is -0.497 e. The first-order valence-corrected chi connectivity index (χ1v) is 8.17. The second-order valence-corrected chi connectivity index (χ2v) is 5.27. The van der Waals surface area contributed by atoms with Crippen molar-refractivity contribution >= 4 is 11.9 Å². The Morgan fingerprint density at radius 3 is 2.50 bits per heavy atom. The number of hydrogen-bond donors (Lipinski definition) is 1. The van der Waals surface area contributed by atoms with Crippen LogP contribution >= 0.6 is 0 Å². The summed E-state index contributed by atoms with van der Waals surface area (Å²) in [6.45, 7) is 5.93. The van der Waals surface area contributed by atoms with Crippen LogP contribution in [0.5, 0.6) is 5.75 Å². The van der Waals surface area contributed by atoms with Crippen molar-refractivity contribution in [1.82, 2.24) is 14.9 Å². The summed E-state index contributed by atoms with van der Waals surface area (Å²) in [6.07, 6.45) is 2.45. The molecule has 0 aliphatic heterocycles. The summed E-state index contributed by atoms with van der Waals surface area (Å²) in [4.78, 5) is 22.5. The Bertz CT molecular complexity index is 654. The molecule has 0 spiro atoms. The van der Waals surface area contributed by atoms with E-state index in [4.69, 9.17) is 4.74 Å². The van der Waals surface area contributed by atoms with E-state index in [0.717, 1.165) is 12.2 Å². The number of methoxy groups -OCH3 is 1. The number of benzene rings is 1. The van der Waals surface area contributed by atoms with Crippen LogP contribution in [-0.4, -0.2) is 47.5 Å². The zero-order valence-corrected chi connectivity index (χ0v) is 14.5. The zero-order chi connectivity index (χ0) is 17.4. The van der Waals surface area contributed by atoms with Crippen LogP contribution in [0.25, 0.3) is 0 Å². The molecule has 0 aliphatic carbocycles. The molecule has 1 aromatic heterocycles. The van der Waals surface area contributed by atoms with E-state index in [1.165, 1.54) is 5.56 Å². The monoisotopic (exact) mass is 328 g/mol. The van der Waals surface area contributed by atoms with E-state index in [-0.39, 0.29) is 5.91 Å². The summed E-state index contributed by atoms with van der Waals surface area (Å²) in [6, 6.07) is 9.59. The molecule has 2 rings (SSSR count). The third-order valence-electron chi connectivity index (χ3n) is 3.78. The molecule has 1 heterocycles. The third kappa shape index (κ3) is 4.68. The highest BCUT2D eigenvalue weighted by atomic mass is 16.5. The molecule has 0 atom stereocenters. The van der Waals surface area contributed by atoms with Crippen molar-refractivity contribution in [2.45, 2.75) is 20.3 Å². The maximum atomic E-state index is 12.3. The fourth-order valence-corrected chi connectivity index (χ4v) is 2.35. The van der Waals surface area contributed by atoms with Crippen LogP contribution < -0.4 is 10.1 Å². The number of carbonyl (C=O) groups is 1. The van der Waals surface area contributed by atoms with Gasteiger partial charge >= 0.3 is 0 Å². The van der Waals surface area contributed by atoms with Gasteiger partial charge in [-0.1, -0.05) is 12.1 Å². The van der Waals surface area contributed by atoms with E-state index < -0.39 is 0 Å². The first-order valence-electron chi connectivity index (χ1n) is 8.17. The van der Waals surface area contributed by atoms with Crippen molar-refractivity contribution in [3.05, 3.63) is 47.8 Å². The molecule has 24 heavy (non-hydrogen) atoms. The summed E-state index contributed by atoms with van der Waals surface area (Å²) < 4.78 is 5.14. The molecule has 1 N–H and O–H groups in total. The largest absolute Gasteiger partial charge is 0.497 e. The Kier molecular flexibility index (Phi) is 6.54. The van der Waals surface area contributed by atoms with Gasteiger partial charge in [0.25, 0.3) is 5.91 Å². The standard InChI is InChI=1S/C18H24N4O2/c1-4-22(5-2)17(23)16-11-13-20-18(21-16)19-12-10-14-6-8-15(24-3)9-7-14/h6-9,11,13H,4-5,10,12H2,1-3H3,(H,19,20,21). The van der Waals surface area contributed by atoms with E-state index in [1.807, 2.05) is 38.1 Å². The normalized spacial score (nSPS) is 10.3. The van der Waals surface area contributed by atoms with Gasteiger partial charge < -0.3 is 15.0 Å². The molecule has 0 aliphatic rings. The molecule has 128 valence electrons. The Morgan fingerprint density at radius 2 is 1.88 bits per heavy atom. The van der Waals surface area contributed by atoms with Crippen LogP contribution in [-0.2, 0) is 6.42 Å². The predicted molar refractivity (Wildman–Crippen MR) is 94.5 cm³/mol. The lowest BCUT2D eigenvalue weighted by atomic mass is 10.1. The van der Waals surface area contributed by atoms with Gasteiger partial charge in [-0.15, -0.1) is 0 Å². The number of hydrogen-bond acceptors (Lipinski definition) is 5. The smallest absolute Gasteiger partial charge is 0.272 e. The van der Waals surface area contributed by atoms with Gasteiger partial charge in [-0.2, -0.15) is 0 Å². The number of anilines is 1. The Labute approximate surface area is 142 Å². The van der Waals surface area contributed by atoms with Crippen LogP contribution in [0.15, 0.2) is 36.5 Å². The molecular formula is C18H24N4O2. The number of rotatable bonds is 8. The van der Waals surface area contributed by atoms with Crippen LogP contribution in [0.3, 0.4) is 0 Å². The first kappa shape index (κ1) is 17.7. The lowest BCUT2D eigenvalue weighted by Gasteiger charge is -2.18. The zero-order valence-electron chi connectivity index (χ0n) is 14.5. The fraction of sp³-hybridized carbons (Fsp3) is 0.389. The van der Waals surface area contributed by atoms with Crippen LogP contribution in [0.1, 0.15) is 29.9 Å². The van der Waals surface area contributed by atoms with Crippen LogP contribution in [0.2, 0.25) is 0 Å². The average molecular weight is 328 g/mol. The van der Waals surface area contributed by atoms with Gasteiger partial charge in [0.15, 0.2) is 0 Å². The first-order chi connectivity index (χ1) is 11.7. The second kappa shape index (κ2) is 8.86. The van der Waals surface area contributed by atoms with E-state index in [9.17, 15) is 4.79 Å². The van der Waals surface area contributed by atoms with Gasteiger partial charge in [0.05, 0.1) is 7.11 Å². The topological polar surface area (TPSA) is 67.4 Å². The minimum absolute atomic E-state index is 0.0689. The van der Waals surface area contributed by atoms with E-state index in [2.05, 4.69) is 15.3 Å². The Morgan fingerprint density at radius 1 is 1.17 bits per heavy atom. The van der Waals surface area contributed by atoms with E-state index in [1.54, 1.807) is 24.3 Å². The third-order valence-corrected chi connectivity index (χ3v) is 3.78. The summed E-state index contributed by atoms with van der Waals surface area (Å²) in [5.74, 6) is 1.25. The molecule has 1 aromatic carbocycles. The van der Waals surface area contributed by atoms with Crippen molar-refractivity contribution in [3.63, 3.8) is 0 Å². The number of aromatic nitrogens is 2.